The van der Waals surface area contributed by atoms with Crippen molar-refractivity contribution < 1.29 is 9.53 Å². The zero-order valence-corrected chi connectivity index (χ0v) is 11.3. The lowest BCUT2D eigenvalue weighted by molar-refractivity contribution is 0.0954. The quantitative estimate of drug-likeness (QED) is 0.866. The Morgan fingerprint density at radius 2 is 2.05 bits per heavy atom. The first-order valence-corrected chi connectivity index (χ1v) is 6.32. The van der Waals surface area contributed by atoms with E-state index in [1.54, 1.807) is 25.4 Å². The fraction of sp³-hybridized carbons (Fsp3) is 0.200. The molecule has 0 saturated heterocycles. The standard InChI is InChI=1S/C15H17N3O2/c1-20-12-6-4-11(5-7-12)8-10-18-15(19)13-3-2-9-17-14(13)16/h2-7,9H,8,10H2,1H3,(H2,16,17)(H,18,19). The van der Waals surface area contributed by atoms with Gasteiger partial charge in [0.15, 0.2) is 0 Å². The number of nitrogen functional groups attached to an aromatic ring is 1. The van der Waals surface area contributed by atoms with Crippen LogP contribution in [0.2, 0.25) is 0 Å². The van der Waals surface area contributed by atoms with Gasteiger partial charge in [-0.25, -0.2) is 4.98 Å². The minimum absolute atomic E-state index is 0.205. The predicted molar refractivity (Wildman–Crippen MR) is 77.7 cm³/mol. The lowest BCUT2D eigenvalue weighted by Crippen LogP contribution is -2.26. The Balaban J connectivity index is 1.86. The average molecular weight is 271 g/mol. The second kappa shape index (κ2) is 6.56. The summed E-state index contributed by atoms with van der Waals surface area (Å²) in [6, 6.07) is 11.1. The van der Waals surface area contributed by atoms with Crippen molar-refractivity contribution in [2.24, 2.45) is 0 Å². The van der Waals surface area contributed by atoms with Crippen molar-refractivity contribution in [1.82, 2.24) is 10.3 Å². The summed E-state index contributed by atoms with van der Waals surface area (Å²) in [7, 11) is 1.63. The molecule has 0 saturated carbocycles. The number of ether oxygens (including phenoxy) is 1. The maximum atomic E-state index is 11.9. The fourth-order valence-electron chi connectivity index (χ4n) is 1.82. The van der Waals surface area contributed by atoms with Crippen LogP contribution in [0.15, 0.2) is 42.6 Å². The lowest BCUT2D eigenvalue weighted by atomic mass is 10.1. The Hall–Kier alpha value is -2.56. The summed E-state index contributed by atoms with van der Waals surface area (Å²) in [5, 5.41) is 2.83. The van der Waals surface area contributed by atoms with Gasteiger partial charge in [0.1, 0.15) is 11.6 Å². The summed E-state index contributed by atoms with van der Waals surface area (Å²) in [6.07, 6.45) is 2.30. The van der Waals surface area contributed by atoms with Gasteiger partial charge in [0.2, 0.25) is 0 Å². The first kappa shape index (κ1) is 13.9. The summed E-state index contributed by atoms with van der Waals surface area (Å²) in [5.74, 6) is 0.861. The van der Waals surface area contributed by atoms with Crippen molar-refractivity contribution in [2.45, 2.75) is 6.42 Å². The Labute approximate surface area is 117 Å². The molecule has 104 valence electrons. The summed E-state index contributed by atoms with van der Waals surface area (Å²) in [5.41, 5.74) is 7.19. The third-order valence-corrected chi connectivity index (χ3v) is 2.94. The van der Waals surface area contributed by atoms with Crippen molar-refractivity contribution >= 4 is 11.7 Å². The molecule has 1 aromatic heterocycles. The highest BCUT2D eigenvalue weighted by molar-refractivity contribution is 5.98. The largest absolute Gasteiger partial charge is 0.497 e. The van der Waals surface area contributed by atoms with E-state index >= 15 is 0 Å². The normalized spacial score (nSPS) is 10.1. The second-order valence-corrected chi connectivity index (χ2v) is 4.29. The van der Waals surface area contributed by atoms with Gasteiger partial charge in [0.05, 0.1) is 12.7 Å². The minimum atomic E-state index is -0.205. The fourth-order valence-corrected chi connectivity index (χ4v) is 1.82. The van der Waals surface area contributed by atoms with E-state index in [0.717, 1.165) is 17.7 Å². The Morgan fingerprint density at radius 3 is 2.70 bits per heavy atom. The molecule has 20 heavy (non-hydrogen) atoms. The molecule has 5 heteroatoms. The number of rotatable bonds is 5. The molecule has 2 rings (SSSR count). The van der Waals surface area contributed by atoms with Crippen LogP contribution in [0.4, 0.5) is 5.82 Å². The van der Waals surface area contributed by atoms with E-state index in [0.29, 0.717) is 12.1 Å². The Morgan fingerprint density at radius 1 is 1.30 bits per heavy atom. The van der Waals surface area contributed by atoms with Crippen LogP contribution in [-0.2, 0) is 6.42 Å². The zero-order chi connectivity index (χ0) is 14.4. The van der Waals surface area contributed by atoms with Crippen LogP contribution in [0.5, 0.6) is 5.75 Å². The van der Waals surface area contributed by atoms with E-state index in [2.05, 4.69) is 10.3 Å². The molecule has 5 nitrogen and oxygen atoms in total. The van der Waals surface area contributed by atoms with E-state index in [9.17, 15) is 4.79 Å². The number of carbonyl (C=O) groups is 1. The number of methoxy groups -OCH3 is 1. The summed E-state index contributed by atoms with van der Waals surface area (Å²) < 4.78 is 5.09. The number of anilines is 1. The van der Waals surface area contributed by atoms with Crippen molar-refractivity contribution in [2.75, 3.05) is 19.4 Å². The van der Waals surface area contributed by atoms with Crippen molar-refractivity contribution in [1.29, 1.82) is 0 Å². The van der Waals surface area contributed by atoms with Crippen LogP contribution in [0.1, 0.15) is 15.9 Å². The van der Waals surface area contributed by atoms with Crippen LogP contribution >= 0.6 is 0 Å². The molecular weight excluding hydrogens is 254 g/mol. The van der Waals surface area contributed by atoms with Crippen LogP contribution in [0.25, 0.3) is 0 Å². The molecule has 0 aliphatic carbocycles. The highest BCUT2D eigenvalue weighted by Crippen LogP contribution is 2.11. The van der Waals surface area contributed by atoms with Gasteiger partial charge in [-0.1, -0.05) is 12.1 Å². The number of nitrogens with one attached hydrogen (secondary N) is 1. The Kier molecular flexibility index (Phi) is 4.55. The molecule has 0 fully saturated rings. The number of hydrogen-bond donors (Lipinski definition) is 2. The van der Waals surface area contributed by atoms with E-state index in [1.165, 1.54) is 0 Å². The molecule has 1 aromatic carbocycles. The third-order valence-electron chi connectivity index (χ3n) is 2.94. The SMILES string of the molecule is COc1ccc(CCNC(=O)c2cccnc2N)cc1. The van der Waals surface area contributed by atoms with Crippen molar-refractivity contribution in [3.63, 3.8) is 0 Å². The predicted octanol–water partition coefficient (Wildman–Crippen LogP) is 1.64. The molecule has 0 bridgehead atoms. The van der Waals surface area contributed by atoms with Crippen LogP contribution < -0.4 is 15.8 Å². The second-order valence-electron chi connectivity index (χ2n) is 4.29. The van der Waals surface area contributed by atoms with Crippen molar-refractivity contribution in [3.05, 3.63) is 53.7 Å². The average Bonchev–Trinajstić information content (AvgIpc) is 2.48. The van der Waals surface area contributed by atoms with Gasteiger partial charge in [0, 0.05) is 12.7 Å². The van der Waals surface area contributed by atoms with Gasteiger partial charge >= 0.3 is 0 Å². The maximum absolute atomic E-state index is 11.9. The molecule has 0 unspecified atom stereocenters. The van der Waals surface area contributed by atoms with E-state index < -0.39 is 0 Å². The van der Waals surface area contributed by atoms with Gasteiger partial charge in [0.25, 0.3) is 5.91 Å². The first-order valence-electron chi connectivity index (χ1n) is 6.32. The number of amides is 1. The smallest absolute Gasteiger partial charge is 0.255 e. The molecule has 0 spiro atoms. The van der Waals surface area contributed by atoms with Gasteiger partial charge in [-0.05, 0) is 36.2 Å². The summed E-state index contributed by atoms with van der Waals surface area (Å²) in [4.78, 5) is 15.8. The number of carbonyl (C=O) groups excluding carboxylic acids is 1. The van der Waals surface area contributed by atoms with Crippen LogP contribution in [0, 0.1) is 0 Å². The topological polar surface area (TPSA) is 77.2 Å². The zero-order valence-electron chi connectivity index (χ0n) is 11.3. The van der Waals surface area contributed by atoms with Gasteiger partial charge < -0.3 is 15.8 Å². The highest BCUT2D eigenvalue weighted by atomic mass is 16.5. The molecule has 0 atom stereocenters. The van der Waals surface area contributed by atoms with Crippen molar-refractivity contribution in [3.8, 4) is 5.75 Å². The molecule has 1 amide bonds. The number of hydrogen-bond acceptors (Lipinski definition) is 4. The van der Waals surface area contributed by atoms with E-state index in [1.807, 2.05) is 24.3 Å². The maximum Gasteiger partial charge on any atom is 0.255 e. The van der Waals surface area contributed by atoms with Gasteiger partial charge in [-0.2, -0.15) is 0 Å². The van der Waals surface area contributed by atoms with Gasteiger partial charge in [-0.15, -0.1) is 0 Å². The monoisotopic (exact) mass is 271 g/mol. The van der Waals surface area contributed by atoms with Crippen LogP contribution in [0.3, 0.4) is 0 Å². The molecule has 2 aromatic rings. The summed E-state index contributed by atoms with van der Waals surface area (Å²) >= 11 is 0. The Bertz CT molecular complexity index is 582. The molecular formula is C15H17N3O2. The number of aromatic nitrogens is 1. The molecule has 3 N–H and O–H groups in total. The molecule has 0 aliphatic heterocycles. The molecule has 1 heterocycles. The van der Waals surface area contributed by atoms with Gasteiger partial charge in [-0.3, -0.25) is 4.79 Å². The summed E-state index contributed by atoms with van der Waals surface area (Å²) in [6.45, 7) is 0.541. The van der Waals surface area contributed by atoms with E-state index in [-0.39, 0.29) is 11.7 Å². The number of pyridine rings is 1. The number of nitrogens with two attached hydrogens (primary N) is 1. The van der Waals surface area contributed by atoms with E-state index in [4.69, 9.17) is 10.5 Å². The number of benzene rings is 1. The lowest BCUT2D eigenvalue weighted by Gasteiger charge is -2.07. The van der Waals surface area contributed by atoms with Crippen LogP contribution in [-0.4, -0.2) is 24.5 Å². The minimum Gasteiger partial charge on any atom is -0.497 e. The number of nitrogens with zero attached hydrogens (tertiary/aromatic N) is 1. The highest BCUT2D eigenvalue weighted by Gasteiger charge is 2.08. The third kappa shape index (κ3) is 3.47. The molecule has 0 radical (unpaired) electrons. The first-order chi connectivity index (χ1) is 9.70. The molecule has 0 aliphatic rings.